The molecule has 6 heteroatoms. The minimum Gasteiger partial charge on any atom is -0.208 e. The summed E-state index contributed by atoms with van der Waals surface area (Å²) in [6.07, 6.45) is 6.64. The molecule has 0 amide bonds. The molecule has 0 N–H and O–H groups in total. The van der Waals surface area contributed by atoms with Gasteiger partial charge in [0.2, 0.25) is 0 Å². The zero-order chi connectivity index (χ0) is 71.0. The number of nitrogens with zero attached hydrogens (tertiary/aromatic N) is 6. The summed E-state index contributed by atoms with van der Waals surface area (Å²) in [7, 11) is 0. The lowest BCUT2D eigenvalue weighted by atomic mass is 9.43. The molecule has 15 aromatic rings. The quantitative estimate of drug-likeness (QED) is 0.102. The fourth-order valence-corrected chi connectivity index (χ4v) is 18.7. The van der Waals surface area contributed by atoms with E-state index >= 15 is 0 Å². The SMILES string of the molecule is CC(C)c1cc(-c2ccc(-c3cccc4c3-c3c(-c5ccc(-c6nc(-c7ccc(-c8ccccc8)cc7)nc(-c7ccc(-c8ccccc8)cc7)n6)c(C(C)C)c5)cccc3C43C4CC5CC(C4)CC3C5)cc2)ccc1-c1nc(-c2ccc(-c3ccccc3)cc2)nc(-c2ccc(-c3ccccc3)cc2)n1. The normalized spacial score (nSPS) is 17.5. The van der Waals surface area contributed by atoms with Crippen molar-refractivity contribution in [1.82, 2.24) is 29.9 Å². The van der Waals surface area contributed by atoms with Crippen LogP contribution in [0.1, 0.15) is 93.9 Å². The van der Waals surface area contributed by atoms with E-state index in [1.54, 1.807) is 5.56 Å². The average molecular weight is 1370 g/mol. The molecule has 2 heterocycles. The highest BCUT2D eigenvalue weighted by Crippen LogP contribution is 2.71. The summed E-state index contributed by atoms with van der Waals surface area (Å²) in [5, 5.41) is 0. The topological polar surface area (TPSA) is 77.3 Å². The molecule has 0 atom stereocenters. The van der Waals surface area contributed by atoms with Crippen LogP contribution in [0, 0.1) is 23.7 Å². The van der Waals surface area contributed by atoms with Crippen molar-refractivity contribution in [3.05, 3.63) is 338 Å². The van der Waals surface area contributed by atoms with E-state index in [0.717, 1.165) is 78.6 Å². The van der Waals surface area contributed by atoms with Crippen LogP contribution in [0.25, 0.3) is 157 Å². The smallest absolute Gasteiger partial charge is 0.164 e. The largest absolute Gasteiger partial charge is 0.208 e. The van der Waals surface area contributed by atoms with Crippen LogP contribution in [0.3, 0.4) is 0 Å². The fraction of sp³-hybridized carbons (Fsp3) is 0.160. The summed E-state index contributed by atoms with van der Waals surface area (Å²) < 4.78 is 0. The van der Waals surface area contributed by atoms with Crippen molar-refractivity contribution in [3.63, 3.8) is 0 Å². The maximum Gasteiger partial charge on any atom is 0.164 e. The lowest BCUT2D eigenvalue weighted by Crippen LogP contribution is -2.55. The molecular formula is C100H80N6. The lowest BCUT2D eigenvalue weighted by molar-refractivity contribution is -0.0399. The Hall–Kier alpha value is -12.1. The van der Waals surface area contributed by atoms with Crippen LogP contribution < -0.4 is 0 Å². The molecule has 0 aliphatic heterocycles. The van der Waals surface area contributed by atoms with E-state index in [1.165, 1.54) is 104 Å². The Morgan fingerprint density at radius 1 is 0.226 bits per heavy atom. The number of hydrogen-bond acceptors (Lipinski definition) is 6. The van der Waals surface area contributed by atoms with Crippen LogP contribution in [-0.4, -0.2) is 29.9 Å². The Balaban J connectivity index is 0.695. The average Bonchev–Trinajstić information content (AvgIpc) is 1.49. The third-order valence-electron chi connectivity index (χ3n) is 23.6. The minimum atomic E-state index is -0.0455. The summed E-state index contributed by atoms with van der Waals surface area (Å²) in [5.74, 6) is 7.08. The fourth-order valence-electron chi connectivity index (χ4n) is 18.7. The van der Waals surface area contributed by atoms with Gasteiger partial charge in [0.1, 0.15) is 0 Å². The second kappa shape index (κ2) is 26.9. The van der Waals surface area contributed by atoms with Gasteiger partial charge in [-0.15, -0.1) is 0 Å². The molecule has 6 nitrogen and oxygen atoms in total. The highest BCUT2D eigenvalue weighted by atomic mass is 15.0. The van der Waals surface area contributed by atoms with Gasteiger partial charge in [0.25, 0.3) is 0 Å². The Morgan fingerprint density at radius 3 is 0.830 bits per heavy atom. The van der Waals surface area contributed by atoms with Gasteiger partial charge >= 0.3 is 0 Å². The second-order valence-corrected chi connectivity index (χ2v) is 30.5. The van der Waals surface area contributed by atoms with Crippen molar-refractivity contribution in [3.8, 4) is 157 Å². The summed E-state index contributed by atoms with van der Waals surface area (Å²) in [6, 6.07) is 115. The van der Waals surface area contributed by atoms with Crippen LogP contribution in [-0.2, 0) is 5.41 Å². The van der Waals surface area contributed by atoms with Crippen LogP contribution in [0.5, 0.6) is 0 Å². The van der Waals surface area contributed by atoms with Gasteiger partial charge in [0.05, 0.1) is 0 Å². The summed E-state index contributed by atoms with van der Waals surface area (Å²) >= 11 is 0. The molecule has 4 bridgehead atoms. The van der Waals surface area contributed by atoms with E-state index in [-0.39, 0.29) is 17.3 Å². The number of rotatable bonds is 15. The number of fused-ring (bicyclic) bond motifs is 3. The molecule has 4 fully saturated rings. The van der Waals surface area contributed by atoms with Gasteiger partial charge in [-0.3, -0.25) is 0 Å². The van der Waals surface area contributed by atoms with Crippen LogP contribution >= 0.6 is 0 Å². The van der Waals surface area contributed by atoms with E-state index in [2.05, 4.69) is 343 Å². The number of hydrogen-bond donors (Lipinski definition) is 0. The molecule has 1 spiro atoms. The Kier molecular flexibility index (Phi) is 16.4. The van der Waals surface area contributed by atoms with Crippen molar-refractivity contribution in [2.45, 2.75) is 77.0 Å². The molecule has 0 saturated heterocycles. The standard InChI is InChI=1S/C100H80N6/c1-62(2)88-60-80(51-53-86(88)98-103-94(76-43-33-70(34-44-76)66-19-9-5-10-20-66)101-95(104-98)77-45-35-71(36-46-77)67-21-11-6-12-22-67)74-31-41-75(42-32-74)84-27-17-29-90-92(84)93-85(28-18-30-91(93)100(90)82-56-64-55-65(58-82)59-83(100)57-64)81-52-54-87(89(61-81)63(3)4)99-105-96(78-47-37-72(38-48-78)68-23-13-7-14-24-68)102-97(106-99)79-49-39-73(40-50-79)69-25-15-8-16-26-69/h5-54,60-65,82-83H,55-59H2,1-4H3. The maximum absolute atomic E-state index is 5.41. The molecular weight excluding hydrogens is 1290 g/mol. The molecule has 4 saturated carbocycles. The van der Waals surface area contributed by atoms with Gasteiger partial charge in [-0.1, -0.05) is 343 Å². The van der Waals surface area contributed by atoms with E-state index in [9.17, 15) is 0 Å². The predicted molar refractivity (Wildman–Crippen MR) is 435 cm³/mol. The Morgan fingerprint density at radius 2 is 0.491 bits per heavy atom. The molecule has 0 radical (unpaired) electrons. The van der Waals surface area contributed by atoms with Crippen molar-refractivity contribution in [2.24, 2.45) is 23.7 Å². The van der Waals surface area contributed by atoms with E-state index in [4.69, 9.17) is 29.9 Å². The molecule has 13 aromatic carbocycles. The van der Waals surface area contributed by atoms with Crippen molar-refractivity contribution < 1.29 is 0 Å². The minimum absolute atomic E-state index is 0.0455. The lowest BCUT2D eigenvalue weighted by Gasteiger charge is -2.61. The Bertz CT molecular complexity index is 5550. The van der Waals surface area contributed by atoms with Crippen molar-refractivity contribution in [1.29, 1.82) is 0 Å². The van der Waals surface area contributed by atoms with Gasteiger partial charge in [-0.25, -0.2) is 29.9 Å². The molecule has 106 heavy (non-hydrogen) atoms. The summed E-state index contributed by atoms with van der Waals surface area (Å²) in [4.78, 5) is 31.9. The molecule has 5 aliphatic carbocycles. The predicted octanol–water partition coefficient (Wildman–Crippen LogP) is 25.7. The molecule has 2 aromatic heterocycles. The van der Waals surface area contributed by atoms with Crippen molar-refractivity contribution in [2.75, 3.05) is 0 Å². The first-order chi connectivity index (χ1) is 52.1. The third-order valence-corrected chi connectivity index (χ3v) is 23.6. The van der Waals surface area contributed by atoms with Crippen molar-refractivity contribution >= 4 is 0 Å². The highest BCUT2D eigenvalue weighted by molar-refractivity contribution is 6.00. The zero-order valence-electron chi connectivity index (χ0n) is 60.2. The molecule has 510 valence electrons. The molecule has 0 unspecified atom stereocenters. The summed E-state index contributed by atoms with van der Waals surface area (Å²) in [6.45, 7) is 9.17. The van der Waals surface area contributed by atoms with Gasteiger partial charge in [0.15, 0.2) is 34.9 Å². The van der Waals surface area contributed by atoms with E-state index in [0.29, 0.717) is 46.8 Å². The third kappa shape index (κ3) is 11.6. The molecule has 20 rings (SSSR count). The summed E-state index contributed by atoms with van der Waals surface area (Å²) in [5.41, 5.74) is 30.6. The number of benzene rings is 13. The molecule has 5 aliphatic rings. The highest BCUT2D eigenvalue weighted by Gasteiger charge is 2.62. The first-order valence-electron chi connectivity index (χ1n) is 37.9. The Labute approximate surface area is 621 Å². The van der Waals surface area contributed by atoms with Gasteiger partial charge in [0, 0.05) is 38.8 Å². The maximum atomic E-state index is 5.41. The van der Waals surface area contributed by atoms with E-state index in [1.807, 2.05) is 0 Å². The van der Waals surface area contributed by atoms with Crippen LogP contribution in [0.15, 0.2) is 315 Å². The zero-order valence-corrected chi connectivity index (χ0v) is 60.2. The first-order valence-corrected chi connectivity index (χ1v) is 37.9. The van der Waals surface area contributed by atoms with Gasteiger partial charge < -0.3 is 0 Å². The van der Waals surface area contributed by atoms with E-state index < -0.39 is 0 Å². The van der Waals surface area contributed by atoms with Crippen LogP contribution in [0.4, 0.5) is 0 Å². The van der Waals surface area contributed by atoms with Crippen LogP contribution in [0.2, 0.25) is 0 Å². The number of aromatic nitrogens is 6. The second-order valence-electron chi connectivity index (χ2n) is 30.5. The van der Waals surface area contributed by atoms with Gasteiger partial charge in [-0.2, -0.15) is 0 Å². The first kappa shape index (κ1) is 64.7. The monoisotopic (exact) mass is 1360 g/mol. The van der Waals surface area contributed by atoms with Gasteiger partial charge in [-0.05, 0) is 179 Å².